The van der Waals surface area contributed by atoms with Crippen LogP contribution in [0.2, 0.25) is 0 Å². The molecular weight excluding hydrogens is 294 g/mol. The molecule has 0 bridgehead atoms. The molecule has 0 saturated carbocycles. The number of hydrogen-bond donors (Lipinski definition) is 4. The fourth-order valence-electron chi connectivity index (χ4n) is 2.00. The maximum Gasteiger partial charge on any atom is 0.259 e. The lowest BCUT2D eigenvalue weighted by Gasteiger charge is -2.07. The minimum absolute atomic E-state index is 0.0137. The Hall–Kier alpha value is -3.02. The molecule has 0 aliphatic carbocycles. The molecule has 0 unspecified atom stereocenters. The average Bonchev–Trinajstić information content (AvgIpc) is 2.53. The zero-order valence-corrected chi connectivity index (χ0v) is 13.0. The van der Waals surface area contributed by atoms with Crippen molar-refractivity contribution in [1.82, 2.24) is 5.43 Å². The summed E-state index contributed by atoms with van der Waals surface area (Å²) in [5, 5.41) is 26.1. The molecule has 6 nitrogen and oxygen atoms in total. The van der Waals surface area contributed by atoms with Crippen LogP contribution < -0.4 is 10.7 Å². The maximum absolute atomic E-state index is 11.8. The molecule has 2 aromatic carbocycles. The van der Waals surface area contributed by atoms with Gasteiger partial charge in [-0.25, -0.2) is 5.43 Å². The Bertz CT molecular complexity index is 742. The maximum atomic E-state index is 11.8. The molecule has 0 heterocycles. The first kappa shape index (κ1) is 16.4. The number of phenols is 2. The average molecular weight is 313 g/mol. The molecule has 23 heavy (non-hydrogen) atoms. The number of hydrazone groups is 1. The Morgan fingerprint density at radius 3 is 2.70 bits per heavy atom. The molecule has 0 radical (unpaired) electrons. The number of benzene rings is 2. The van der Waals surface area contributed by atoms with Crippen molar-refractivity contribution >= 4 is 17.3 Å². The van der Waals surface area contributed by atoms with E-state index in [2.05, 4.69) is 15.8 Å². The standard InChI is InChI=1S/C17H19N3O3/c1-11-4-3-5-13(8-11)18-10-17(23)20-19-12(2)15-9-14(21)6-7-16(15)22/h3-9,18,21-22H,10H2,1-2H3,(H,20,23). The molecule has 0 fully saturated rings. The number of hydrogen-bond acceptors (Lipinski definition) is 5. The number of carbonyl (C=O) groups excluding carboxylic acids is 1. The normalized spacial score (nSPS) is 11.1. The number of nitrogens with zero attached hydrogens (tertiary/aromatic N) is 1. The Labute approximate surface area is 134 Å². The number of aromatic hydroxyl groups is 2. The van der Waals surface area contributed by atoms with E-state index >= 15 is 0 Å². The van der Waals surface area contributed by atoms with Gasteiger partial charge < -0.3 is 15.5 Å². The zero-order valence-electron chi connectivity index (χ0n) is 13.0. The van der Waals surface area contributed by atoms with E-state index in [4.69, 9.17) is 0 Å². The molecule has 0 aliphatic heterocycles. The van der Waals surface area contributed by atoms with E-state index in [0.717, 1.165) is 11.3 Å². The van der Waals surface area contributed by atoms with Crippen molar-refractivity contribution in [3.8, 4) is 11.5 Å². The highest BCUT2D eigenvalue weighted by atomic mass is 16.3. The minimum Gasteiger partial charge on any atom is -0.508 e. The second-order valence-corrected chi connectivity index (χ2v) is 5.16. The van der Waals surface area contributed by atoms with Crippen molar-refractivity contribution < 1.29 is 15.0 Å². The summed E-state index contributed by atoms with van der Waals surface area (Å²) in [6.07, 6.45) is 0. The van der Waals surface area contributed by atoms with Gasteiger partial charge in [-0.05, 0) is 49.7 Å². The van der Waals surface area contributed by atoms with E-state index in [-0.39, 0.29) is 24.0 Å². The number of carbonyl (C=O) groups is 1. The molecule has 2 rings (SSSR count). The van der Waals surface area contributed by atoms with Crippen molar-refractivity contribution in [2.75, 3.05) is 11.9 Å². The van der Waals surface area contributed by atoms with Gasteiger partial charge in [-0.2, -0.15) is 5.10 Å². The van der Waals surface area contributed by atoms with Crippen molar-refractivity contribution in [3.05, 3.63) is 53.6 Å². The number of nitrogens with one attached hydrogen (secondary N) is 2. The summed E-state index contributed by atoms with van der Waals surface area (Å²) in [6, 6.07) is 11.8. The Morgan fingerprint density at radius 1 is 1.17 bits per heavy atom. The summed E-state index contributed by atoms with van der Waals surface area (Å²) >= 11 is 0. The van der Waals surface area contributed by atoms with Crippen LogP contribution in [0, 0.1) is 6.92 Å². The molecular formula is C17H19N3O3. The second kappa shape index (κ2) is 7.31. The minimum atomic E-state index is -0.314. The van der Waals surface area contributed by atoms with E-state index in [1.54, 1.807) is 6.92 Å². The van der Waals surface area contributed by atoms with Crippen LogP contribution in [0.1, 0.15) is 18.1 Å². The van der Waals surface area contributed by atoms with Crippen molar-refractivity contribution in [1.29, 1.82) is 0 Å². The second-order valence-electron chi connectivity index (χ2n) is 5.16. The van der Waals surface area contributed by atoms with Crippen LogP contribution in [0.3, 0.4) is 0 Å². The van der Waals surface area contributed by atoms with Crippen LogP contribution in [-0.2, 0) is 4.79 Å². The van der Waals surface area contributed by atoms with Gasteiger partial charge in [-0.3, -0.25) is 4.79 Å². The largest absolute Gasteiger partial charge is 0.508 e. The zero-order chi connectivity index (χ0) is 16.8. The fourth-order valence-corrected chi connectivity index (χ4v) is 2.00. The highest BCUT2D eigenvalue weighted by Crippen LogP contribution is 2.22. The van der Waals surface area contributed by atoms with Gasteiger partial charge in [0.25, 0.3) is 5.91 Å². The predicted octanol–water partition coefficient (Wildman–Crippen LogP) is 2.36. The fraction of sp³-hybridized carbons (Fsp3) is 0.176. The SMILES string of the molecule is CC(=NNC(=O)CNc1cccc(C)c1)c1cc(O)ccc1O. The van der Waals surface area contributed by atoms with E-state index in [0.29, 0.717) is 11.3 Å². The van der Waals surface area contributed by atoms with Crippen LogP contribution in [0.25, 0.3) is 0 Å². The van der Waals surface area contributed by atoms with Crippen LogP contribution in [0.4, 0.5) is 5.69 Å². The molecule has 2 aromatic rings. The smallest absolute Gasteiger partial charge is 0.259 e. The van der Waals surface area contributed by atoms with Gasteiger partial charge in [-0.1, -0.05) is 12.1 Å². The van der Waals surface area contributed by atoms with Crippen molar-refractivity contribution in [2.24, 2.45) is 5.10 Å². The molecule has 0 aromatic heterocycles. The lowest BCUT2D eigenvalue weighted by molar-refractivity contribution is -0.119. The third kappa shape index (κ3) is 4.74. The third-order valence-electron chi connectivity index (χ3n) is 3.19. The number of amides is 1. The Kier molecular flexibility index (Phi) is 5.19. The third-order valence-corrected chi connectivity index (χ3v) is 3.19. The van der Waals surface area contributed by atoms with E-state index in [1.807, 2.05) is 31.2 Å². The molecule has 0 aliphatic rings. The van der Waals surface area contributed by atoms with Crippen LogP contribution in [-0.4, -0.2) is 28.4 Å². The summed E-state index contributed by atoms with van der Waals surface area (Å²) in [5.74, 6) is -0.318. The monoisotopic (exact) mass is 313 g/mol. The number of rotatable bonds is 5. The highest BCUT2D eigenvalue weighted by Gasteiger charge is 2.07. The summed E-state index contributed by atoms with van der Waals surface area (Å²) < 4.78 is 0. The van der Waals surface area contributed by atoms with Crippen LogP contribution in [0.5, 0.6) is 11.5 Å². The van der Waals surface area contributed by atoms with Crippen molar-refractivity contribution in [3.63, 3.8) is 0 Å². The highest BCUT2D eigenvalue weighted by molar-refractivity contribution is 6.01. The van der Waals surface area contributed by atoms with Crippen molar-refractivity contribution in [2.45, 2.75) is 13.8 Å². The first-order valence-corrected chi connectivity index (χ1v) is 7.12. The molecule has 120 valence electrons. The summed E-state index contributed by atoms with van der Waals surface area (Å²) in [7, 11) is 0. The summed E-state index contributed by atoms with van der Waals surface area (Å²) in [6.45, 7) is 3.68. The number of anilines is 1. The molecule has 0 saturated heterocycles. The van der Waals surface area contributed by atoms with Gasteiger partial charge in [0.15, 0.2) is 0 Å². The van der Waals surface area contributed by atoms with Gasteiger partial charge in [0, 0.05) is 11.3 Å². The lowest BCUT2D eigenvalue weighted by Crippen LogP contribution is -2.26. The predicted molar refractivity (Wildman–Crippen MR) is 89.8 cm³/mol. The Balaban J connectivity index is 1.93. The first-order chi connectivity index (χ1) is 11.0. The lowest BCUT2D eigenvalue weighted by atomic mass is 10.1. The molecule has 4 N–H and O–H groups in total. The number of aryl methyl sites for hydroxylation is 1. The van der Waals surface area contributed by atoms with Crippen LogP contribution in [0.15, 0.2) is 47.6 Å². The molecule has 1 amide bonds. The number of phenolic OH excluding ortho intramolecular Hbond substituents is 2. The summed E-state index contributed by atoms with van der Waals surface area (Å²) in [4.78, 5) is 11.8. The van der Waals surface area contributed by atoms with E-state index in [1.165, 1.54) is 18.2 Å². The van der Waals surface area contributed by atoms with Crippen LogP contribution >= 0.6 is 0 Å². The summed E-state index contributed by atoms with van der Waals surface area (Å²) in [5.41, 5.74) is 5.11. The van der Waals surface area contributed by atoms with Gasteiger partial charge >= 0.3 is 0 Å². The van der Waals surface area contributed by atoms with Gasteiger partial charge in [-0.15, -0.1) is 0 Å². The van der Waals surface area contributed by atoms with Gasteiger partial charge in [0.1, 0.15) is 11.5 Å². The molecule has 0 atom stereocenters. The van der Waals surface area contributed by atoms with E-state index in [9.17, 15) is 15.0 Å². The van der Waals surface area contributed by atoms with E-state index < -0.39 is 0 Å². The molecule has 6 heteroatoms. The van der Waals surface area contributed by atoms with Gasteiger partial charge in [0.05, 0.1) is 12.3 Å². The quantitative estimate of drug-likeness (QED) is 0.387. The molecule has 0 spiro atoms. The topological polar surface area (TPSA) is 94.0 Å². The Morgan fingerprint density at radius 2 is 1.96 bits per heavy atom. The van der Waals surface area contributed by atoms with Gasteiger partial charge in [0.2, 0.25) is 0 Å². The first-order valence-electron chi connectivity index (χ1n) is 7.12.